The quantitative estimate of drug-likeness (QED) is 0.728. The summed E-state index contributed by atoms with van der Waals surface area (Å²) in [6.45, 7) is 1.57. The van der Waals surface area contributed by atoms with Crippen molar-refractivity contribution < 1.29 is 22.7 Å². The van der Waals surface area contributed by atoms with Gasteiger partial charge in [-0.05, 0) is 55.7 Å². The number of anilines is 2. The number of ether oxygens (including phenoxy) is 1. The van der Waals surface area contributed by atoms with E-state index in [-0.39, 0.29) is 10.5 Å². The molecule has 1 N–H and O–H groups in total. The normalized spacial score (nSPS) is 14.3. The van der Waals surface area contributed by atoms with Crippen LogP contribution in [0.2, 0.25) is 0 Å². The number of hydrogen-bond donors (Lipinski definition) is 1. The van der Waals surface area contributed by atoms with Crippen molar-refractivity contribution in [3.8, 4) is 0 Å². The topological polar surface area (TPSA) is 92.8 Å². The standard InChI is InChI=1S/C21H24N2O5S/c1-29(26,27)19-8-4-3-7-18(19)21(25)28-15-20(24)22-16-9-11-17(12-10-16)23-13-5-2-6-14-23/h3-4,7-12H,2,5-6,13-15H2,1H3,(H,22,24). The van der Waals surface area contributed by atoms with E-state index in [0.29, 0.717) is 5.69 Å². The third-order valence-electron chi connectivity index (χ3n) is 4.71. The van der Waals surface area contributed by atoms with E-state index in [9.17, 15) is 18.0 Å². The lowest BCUT2D eigenvalue weighted by Gasteiger charge is -2.28. The molecule has 29 heavy (non-hydrogen) atoms. The minimum absolute atomic E-state index is 0.0892. The van der Waals surface area contributed by atoms with Crippen molar-refractivity contribution in [2.75, 3.05) is 36.2 Å². The van der Waals surface area contributed by atoms with Gasteiger partial charge in [-0.2, -0.15) is 0 Å². The lowest BCUT2D eigenvalue weighted by molar-refractivity contribution is -0.119. The van der Waals surface area contributed by atoms with E-state index in [2.05, 4.69) is 10.2 Å². The van der Waals surface area contributed by atoms with Crippen LogP contribution in [0.5, 0.6) is 0 Å². The molecule has 2 aromatic carbocycles. The molecule has 0 aliphatic carbocycles. The van der Waals surface area contributed by atoms with Gasteiger partial charge in [0, 0.05) is 30.7 Å². The van der Waals surface area contributed by atoms with Crippen molar-refractivity contribution in [3.63, 3.8) is 0 Å². The molecule has 1 saturated heterocycles. The molecule has 2 aromatic rings. The highest BCUT2D eigenvalue weighted by molar-refractivity contribution is 7.90. The van der Waals surface area contributed by atoms with E-state index in [1.807, 2.05) is 24.3 Å². The van der Waals surface area contributed by atoms with Gasteiger partial charge in [0.2, 0.25) is 0 Å². The zero-order chi connectivity index (χ0) is 20.9. The predicted octanol–water partition coefficient (Wildman–Crippen LogP) is 2.88. The molecule has 1 heterocycles. The molecule has 0 radical (unpaired) electrons. The van der Waals surface area contributed by atoms with Crippen LogP contribution in [0.15, 0.2) is 53.4 Å². The maximum Gasteiger partial charge on any atom is 0.339 e. The first kappa shape index (κ1) is 20.9. The summed E-state index contributed by atoms with van der Waals surface area (Å²) in [6, 6.07) is 13.3. The van der Waals surface area contributed by atoms with Crippen LogP contribution in [0.3, 0.4) is 0 Å². The molecular formula is C21H24N2O5S. The number of sulfone groups is 1. The van der Waals surface area contributed by atoms with Gasteiger partial charge in [-0.1, -0.05) is 12.1 Å². The Kier molecular flexibility index (Phi) is 6.53. The average molecular weight is 416 g/mol. The van der Waals surface area contributed by atoms with Crippen molar-refractivity contribution in [3.05, 3.63) is 54.1 Å². The summed E-state index contributed by atoms with van der Waals surface area (Å²) in [7, 11) is -3.58. The Balaban J connectivity index is 1.56. The highest BCUT2D eigenvalue weighted by Gasteiger charge is 2.20. The van der Waals surface area contributed by atoms with Crippen LogP contribution < -0.4 is 10.2 Å². The molecule has 0 saturated carbocycles. The Morgan fingerprint density at radius 2 is 1.66 bits per heavy atom. The van der Waals surface area contributed by atoms with E-state index in [0.717, 1.165) is 25.0 Å². The average Bonchev–Trinajstić information content (AvgIpc) is 2.72. The molecule has 3 rings (SSSR count). The van der Waals surface area contributed by atoms with Gasteiger partial charge < -0.3 is 15.0 Å². The maximum absolute atomic E-state index is 12.2. The fourth-order valence-corrected chi connectivity index (χ4v) is 4.15. The number of rotatable bonds is 6. The van der Waals surface area contributed by atoms with Gasteiger partial charge >= 0.3 is 5.97 Å². The second kappa shape index (κ2) is 9.09. The Labute approximate surface area is 170 Å². The summed E-state index contributed by atoms with van der Waals surface area (Å²) in [5, 5.41) is 2.67. The van der Waals surface area contributed by atoms with Crippen molar-refractivity contribution in [2.45, 2.75) is 24.2 Å². The van der Waals surface area contributed by atoms with Gasteiger partial charge in [0.05, 0.1) is 10.5 Å². The molecule has 0 bridgehead atoms. The summed E-state index contributed by atoms with van der Waals surface area (Å²) >= 11 is 0. The van der Waals surface area contributed by atoms with Crippen LogP contribution in [0, 0.1) is 0 Å². The van der Waals surface area contributed by atoms with Crippen molar-refractivity contribution in [2.24, 2.45) is 0 Å². The highest BCUT2D eigenvalue weighted by Crippen LogP contribution is 2.22. The summed E-state index contributed by atoms with van der Waals surface area (Å²) in [4.78, 5) is 26.5. The number of piperidine rings is 1. The first-order valence-electron chi connectivity index (χ1n) is 9.46. The number of carbonyl (C=O) groups excluding carboxylic acids is 2. The zero-order valence-electron chi connectivity index (χ0n) is 16.3. The predicted molar refractivity (Wildman–Crippen MR) is 111 cm³/mol. The second-order valence-electron chi connectivity index (χ2n) is 6.99. The van der Waals surface area contributed by atoms with Gasteiger partial charge in [0.1, 0.15) is 0 Å². The summed E-state index contributed by atoms with van der Waals surface area (Å²) in [6.07, 6.45) is 4.65. The Hall–Kier alpha value is -2.87. The largest absolute Gasteiger partial charge is 0.452 e. The molecule has 1 aliphatic rings. The van der Waals surface area contributed by atoms with Gasteiger partial charge in [-0.3, -0.25) is 4.79 Å². The number of esters is 1. The lowest BCUT2D eigenvalue weighted by Crippen LogP contribution is -2.29. The third-order valence-corrected chi connectivity index (χ3v) is 5.87. The molecule has 1 aliphatic heterocycles. The molecule has 1 fully saturated rings. The number of nitrogens with zero attached hydrogens (tertiary/aromatic N) is 1. The lowest BCUT2D eigenvalue weighted by atomic mass is 10.1. The van der Waals surface area contributed by atoms with E-state index in [4.69, 9.17) is 4.74 Å². The Morgan fingerprint density at radius 3 is 2.31 bits per heavy atom. The molecular weight excluding hydrogens is 392 g/mol. The third kappa shape index (κ3) is 5.57. The Bertz CT molecular complexity index is 980. The first-order valence-corrected chi connectivity index (χ1v) is 11.3. The first-order chi connectivity index (χ1) is 13.8. The van der Waals surface area contributed by atoms with E-state index >= 15 is 0 Å². The number of hydrogen-bond acceptors (Lipinski definition) is 6. The fourth-order valence-electron chi connectivity index (χ4n) is 3.27. The SMILES string of the molecule is CS(=O)(=O)c1ccccc1C(=O)OCC(=O)Nc1ccc(N2CCCCC2)cc1. The van der Waals surface area contributed by atoms with Crippen molar-refractivity contribution in [1.29, 1.82) is 0 Å². The van der Waals surface area contributed by atoms with Crippen molar-refractivity contribution in [1.82, 2.24) is 0 Å². The van der Waals surface area contributed by atoms with E-state index in [1.54, 1.807) is 0 Å². The second-order valence-corrected chi connectivity index (χ2v) is 8.97. The van der Waals surface area contributed by atoms with Crippen LogP contribution in [0.1, 0.15) is 29.6 Å². The fraction of sp³-hybridized carbons (Fsp3) is 0.333. The number of nitrogens with one attached hydrogen (secondary N) is 1. The highest BCUT2D eigenvalue weighted by atomic mass is 32.2. The van der Waals surface area contributed by atoms with Crippen LogP contribution >= 0.6 is 0 Å². The van der Waals surface area contributed by atoms with Crippen molar-refractivity contribution >= 4 is 33.1 Å². The molecule has 0 unspecified atom stereocenters. The Morgan fingerprint density at radius 1 is 1.00 bits per heavy atom. The van der Waals surface area contributed by atoms with Crippen LogP contribution in [0.25, 0.3) is 0 Å². The zero-order valence-corrected chi connectivity index (χ0v) is 17.1. The van der Waals surface area contributed by atoms with Crippen LogP contribution in [0.4, 0.5) is 11.4 Å². The molecule has 0 aromatic heterocycles. The smallest absolute Gasteiger partial charge is 0.339 e. The summed E-state index contributed by atoms with van der Waals surface area (Å²) in [5.41, 5.74) is 1.63. The molecule has 1 amide bonds. The van der Waals surface area contributed by atoms with Gasteiger partial charge in [0.15, 0.2) is 16.4 Å². The number of amides is 1. The van der Waals surface area contributed by atoms with E-state index < -0.39 is 28.3 Å². The molecule has 7 nitrogen and oxygen atoms in total. The number of benzene rings is 2. The molecule has 154 valence electrons. The summed E-state index contributed by atoms with van der Waals surface area (Å²) in [5.74, 6) is -1.36. The van der Waals surface area contributed by atoms with Crippen LogP contribution in [-0.2, 0) is 19.4 Å². The monoisotopic (exact) mass is 416 g/mol. The van der Waals surface area contributed by atoms with Gasteiger partial charge in [-0.25, -0.2) is 13.2 Å². The minimum atomic E-state index is -3.58. The van der Waals surface area contributed by atoms with Crippen LogP contribution in [-0.4, -0.2) is 46.2 Å². The molecule has 8 heteroatoms. The molecule has 0 atom stereocenters. The summed E-state index contributed by atoms with van der Waals surface area (Å²) < 4.78 is 28.6. The van der Waals surface area contributed by atoms with Gasteiger partial charge in [-0.15, -0.1) is 0 Å². The molecule has 0 spiro atoms. The number of carbonyl (C=O) groups is 2. The van der Waals surface area contributed by atoms with E-state index in [1.165, 1.54) is 43.5 Å². The minimum Gasteiger partial charge on any atom is -0.452 e. The van der Waals surface area contributed by atoms with Gasteiger partial charge in [0.25, 0.3) is 5.91 Å². The maximum atomic E-state index is 12.2.